The number of para-hydroxylation sites is 1. The lowest BCUT2D eigenvalue weighted by atomic mass is 10.1. The number of benzene rings is 2. The molecule has 3 aromatic rings. The lowest BCUT2D eigenvalue weighted by molar-refractivity contribution is -0.383. The first-order valence-electron chi connectivity index (χ1n) is 6.95. The Balaban J connectivity index is 2.31. The van der Waals surface area contributed by atoms with Gasteiger partial charge in [0.05, 0.1) is 23.5 Å². The molecular weight excluding hydrogens is 296 g/mol. The van der Waals surface area contributed by atoms with Crippen LogP contribution in [-0.4, -0.2) is 17.0 Å². The summed E-state index contributed by atoms with van der Waals surface area (Å²) in [6.45, 7) is 1.85. The predicted molar refractivity (Wildman–Crippen MR) is 86.2 cm³/mol. The number of hydrogen-bond acceptors (Lipinski definition) is 5. The van der Waals surface area contributed by atoms with Gasteiger partial charge in [-0.2, -0.15) is 0 Å². The van der Waals surface area contributed by atoms with Gasteiger partial charge in [-0.3, -0.25) is 10.1 Å². The monoisotopic (exact) mass is 310 g/mol. The normalized spacial score (nSPS) is 10.5. The van der Waals surface area contributed by atoms with E-state index in [9.17, 15) is 10.1 Å². The summed E-state index contributed by atoms with van der Waals surface area (Å²) < 4.78 is 11.3. The summed E-state index contributed by atoms with van der Waals surface area (Å²) >= 11 is 0. The molecule has 0 radical (unpaired) electrons. The molecule has 0 atom stereocenters. The maximum absolute atomic E-state index is 11.3. The molecule has 1 aromatic heterocycles. The molecule has 1 heterocycles. The number of pyridine rings is 1. The van der Waals surface area contributed by atoms with Crippen molar-refractivity contribution in [1.82, 2.24) is 4.98 Å². The largest absolute Gasteiger partial charge is 0.493 e. The van der Waals surface area contributed by atoms with Gasteiger partial charge in [0.1, 0.15) is 5.75 Å². The minimum atomic E-state index is -0.469. The number of non-ortho nitro benzene ring substituents is 1. The molecule has 0 aliphatic rings. The lowest BCUT2D eigenvalue weighted by Gasteiger charge is -2.14. The summed E-state index contributed by atoms with van der Waals surface area (Å²) in [5, 5.41) is 11.9. The molecule has 0 unspecified atom stereocenters. The van der Waals surface area contributed by atoms with Crippen LogP contribution in [0, 0.1) is 17.0 Å². The van der Waals surface area contributed by atoms with Gasteiger partial charge in [-0.25, -0.2) is 4.98 Å². The third-order valence-corrected chi connectivity index (χ3v) is 3.50. The van der Waals surface area contributed by atoms with Crippen molar-refractivity contribution in [1.29, 1.82) is 0 Å². The van der Waals surface area contributed by atoms with E-state index in [0.29, 0.717) is 22.6 Å². The zero-order valence-electron chi connectivity index (χ0n) is 12.6. The first-order chi connectivity index (χ1) is 11.1. The molecule has 6 nitrogen and oxygen atoms in total. The Morgan fingerprint density at radius 3 is 2.57 bits per heavy atom. The van der Waals surface area contributed by atoms with E-state index in [0.717, 1.165) is 5.56 Å². The average molecular weight is 310 g/mol. The van der Waals surface area contributed by atoms with Crippen molar-refractivity contribution in [3.63, 3.8) is 0 Å². The summed E-state index contributed by atoms with van der Waals surface area (Å²) in [7, 11) is 1.45. The van der Waals surface area contributed by atoms with Gasteiger partial charge in [0.15, 0.2) is 17.0 Å². The highest BCUT2D eigenvalue weighted by Crippen LogP contribution is 2.43. The van der Waals surface area contributed by atoms with Crippen molar-refractivity contribution < 1.29 is 14.4 Å². The Morgan fingerprint density at radius 1 is 1.17 bits per heavy atom. The molecule has 3 rings (SSSR count). The quantitative estimate of drug-likeness (QED) is 0.532. The number of rotatable bonds is 4. The highest BCUT2D eigenvalue weighted by Gasteiger charge is 2.23. The van der Waals surface area contributed by atoms with Crippen molar-refractivity contribution >= 4 is 16.6 Å². The van der Waals surface area contributed by atoms with Crippen molar-refractivity contribution in [2.24, 2.45) is 0 Å². The SMILES string of the molecule is COc1cc([N+](=O)[O-])c2nccc(C)c2c1Oc1ccccc1. The molecular formula is C17H14N2O4. The average Bonchev–Trinajstić information content (AvgIpc) is 2.55. The van der Waals surface area contributed by atoms with E-state index in [2.05, 4.69) is 4.98 Å². The first-order valence-corrected chi connectivity index (χ1v) is 6.95. The van der Waals surface area contributed by atoms with Gasteiger partial charge in [0, 0.05) is 6.20 Å². The number of aromatic nitrogens is 1. The van der Waals surface area contributed by atoms with Crippen molar-refractivity contribution in [2.45, 2.75) is 6.92 Å². The van der Waals surface area contributed by atoms with Crippen molar-refractivity contribution in [2.75, 3.05) is 7.11 Å². The lowest BCUT2D eigenvalue weighted by Crippen LogP contribution is -1.98. The molecule has 116 valence electrons. The summed E-state index contributed by atoms with van der Waals surface area (Å²) in [5.74, 6) is 1.33. The summed E-state index contributed by atoms with van der Waals surface area (Å²) in [4.78, 5) is 15.0. The maximum atomic E-state index is 11.3. The van der Waals surface area contributed by atoms with Crippen LogP contribution in [0.1, 0.15) is 5.56 Å². The number of aryl methyl sites for hydroxylation is 1. The van der Waals surface area contributed by atoms with Crippen molar-refractivity contribution in [3.05, 3.63) is 64.3 Å². The van der Waals surface area contributed by atoms with E-state index in [1.807, 2.05) is 25.1 Å². The van der Waals surface area contributed by atoms with E-state index in [4.69, 9.17) is 9.47 Å². The van der Waals surface area contributed by atoms with Crippen LogP contribution in [0.4, 0.5) is 5.69 Å². The Hall–Kier alpha value is -3.15. The number of hydrogen-bond donors (Lipinski definition) is 0. The van der Waals surface area contributed by atoms with E-state index in [1.54, 1.807) is 24.4 Å². The second kappa shape index (κ2) is 5.92. The fraction of sp³-hybridized carbons (Fsp3) is 0.118. The highest BCUT2D eigenvalue weighted by molar-refractivity contribution is 5.97. The van der Waals surface area contributed by atoms with Crippen LogP contribution in [0.2, 0.25) is 0 Å². The number of ether oxygens (including phenoxy) is 2. The zero-order chi connectivity index (χ0) is 16.4. The van der Waals surface area contributed by atoms with Crippen LogP contribution in [0.15, 0.2) is 48.7 Å². The molecule has 0 saturated heterocycles. The van der Waals surface area contributed by atoms with E-state index in [-0.39, 0.29) is 11.2 Å². The van der Waals surface area contributed by atoms with Crippen LogP contribution in [0.5, 0.6) is 17.2 Å². The maximum Gasteiger partial charge on any atom is 0.299 e. The number of methoxy groups -OCH3 is 1. The standard InChI is InChI=1S/C17H14N2O4/c1-11-8-9-18-16-13(19(20)21)10-14(22-2)17(15(11)16)23-12-6-4-3-5-7-12/h3-10H,1-2H3. The molecule has 0 amide bonds. The molecule has 2 aromatic carbocycles. The molecule has 0 aliphatic heterocycles. The molecule has 0 fully saturated rings. The Labute approximate surface area is 132 Å². The molecule has 0 spiro atoms. The first kappa shape index (κ1) is 14.8. The van der Waals surface area contributed by atoms with Gasteiger partial charge in [-0.15, -0.1) is 0 Å². The van der Waals surface area contributed by atoms with Gasteiger partial charge in [-0.05, 0) is 30.7 Å². The smallest absolute Gasteiger partial charge is 0.299 e. The third kappa shape index (κ3) is 2.66. The van der Waals surface area contributed by atoms with Gasteiger partial charge >= 0.3 is 0 Å². The van der Waals surface area contributed by atoms with Gasteiger partial charge < -0.3 is 9.47 Å². The van der Waals surface area contributed by atoms with Crippen LogP contribution < -0.4 is 9.47 Å². The second-order valence-corrected chi connectivity index (χ2v) is 4.95. The van der Waals surface area contributed by atoms with Gasteiger partial charge in [0.25, 0.3) is 5.69 Å². The summed E-state index contributed by atoms with van der Waals surface area (Å²) in [5.41, 5.74) is 0.991. The van der Waals surface area contributed by atoms with E-state index in [1.165, 1.54) is 13.2 Å². The predicted octanol–water partition coefficient (Wildman–Crippen LogP) is 4.25. The number of nitro benzene ring substituents is 1. The molecule has 6 heteroatoms. The number of nitro groups is 1. The molecule has 23 heavy (non-hydrogen) atoms. The zero-order valence-corrected chi connectivity index (χ0v) is 12.6. The Kier molecular flexibility index (Phi) is 3.80. The third-order valence-electron chi connectivity index (χ3n) is 3.50. The molecule has 0 aliphatic carbocycles. The number of nitrogens with zero attached hydrogens (tertiary/aromatic N) is 2. The van der Waals surface area contributed by atoms with Crippen LogP contribution in [0.25, 0.3) is 10.9 Å². The summed E-state index contributed by atoms with van der Waals surface area (Å²) in [6, 6.07) is 12.3. The Morgan fingerprint density at radius 2 is 1.91 bits per heavy atom. The summed E-state index contributed by atoms with van der Waals surface area (Å²) in [6.07, 6.45) is 1.55. The van der Waals surface area contributed by atoms with Gasteiger partial charge in [-0.1, -0.05) is 18.2 Å². The van der Waals surface area contributed by atoms with Gasteiger partial charge in [0.2, 0.25) is 0 Å². The Bertz CT molecular complexity index is 879. The van der Waals surface area contributed by atoms with E-state index >= 15 is 0 Å². The molecule has 0 N–H and O–H groups in total. The minimum Gasteiger partial charge on any atom is -0.493 e. The minimum absolute atomic E-state index is 0.110. The van der Waals surface area contributed by atoms with Crippen LogP contribution in [-0.2, 0) is 0 Å². The molecule has 0 saturated carbocycles. The fourth-order valence-corrected chi connectivity index (χ4v) is 2.42. The fourth-order valence-electron chi connectivity index (χ4n) is 2.42. The van der Waals surface area contributed by atoms with Crippen molar-refractivity contribution in [3.8, 4) is 17.2 Å². The molecule has 0 bridgehead atoms. The second-order valence-electron chi connectivity index (χ2n) is 4.95. The van der Waals surface area contributed by atoms with Crippen LogP contribution in [0.3, 0.4) is 0 Å². The van der Waals surface area contributed by atoms with Crippen LogP contribution >= 0.6 is 0 Å². The topological polar surface area (TPSA) is 74.5 Å². The van der Waals surface area contributed by atoms with E-state index < -0.39 is 4.92 Å². The number of fused-ring (bicyclic) bond motifs is 1. The highest BCUT2D eigenvalue weighted by atomic mass is 16.6.